The van der Waals surface area contributed by atoms with Crippen LogP contribution in [0, 0.1) is 13.2 Å². The van der Waals surface area contributed by atoms with Crippen molar-refractivity contribution in [3.8, 4) is 0 Å². The molecule has 1 aromatic carbocycles. The van der Waals surface area contributed by atoms with E-state index in [9.17, 15) is 0 Å². The molecule has 2 aliphatic heterocycles. The van der Waals surface area contributed by atoms with Crippen LogP contribution in [0.4, 0.5) is 0 Å². The monoisotopic (exact) mass is 286 g/mol. The van der Waals surface area contributed by atoms with Gasteiger partial charge in [-0.05, 0) is 50.0 Å². The molecule has 3 aliphatic rings. The lowest BCUT2D eigenvalue weighted by atomic mass is 9.90. The molecule has 1 saturated carbocycles. The normalized spacial score (nSPS) is 27.5. The second kappa shape index (κ2) is 7.42. The lowest BCUT2D eigenvalue weighted by Gasteiger charge is -2.21. The Bertz CT molecular complexity index is 395. The topological polar surface area (TPSA) is 18.5 Å². The first-order valence-electron chi connectivity index (χ1n) is 8.38. The van der Waals surface area contributed by atoms with Gasteiger partial charge in [0.05, 0.1) is 12.2 Å². The first-order chi connectivity index (χ1) is 10.3. The zero-order valence-electron chi connectivity index (χ0n) is 12.8. The highest BCUT2D eigenvalue weighted by molar-refractivity contribution is 5.19. The molecule has 0 amide bonds. The molecule has 2 bridgehead atoms. The van der Waals surface area contributed by atoms with Crippen LogP contribution in [0.5, 0.6) is 0 Å². The van der Waals surface area contributed by atoms with Crippen molar-refractivity contribution < 1.29 is 9.47 Å². The molecule has 1 atom stereocenters. The maximum Gasteiger partial charge on any atom is 0.224 e. The van der Waals surface area contributed by atoms with Crippen LogP contribution in [-0.2, 0) is 9.47 Å². The van der Waals surface area contributed by atoms with Crippen molar-refractivity contribution in [1.82, 2.24) is 0 Å². The van der Waals surface area contributed by atoms with Crippen LogP contribution in [0.25, 0.3) is 0 Å². The fraction of sp³-hybridized carbons (Fsp3) is 0.579. The molecular formula is C19H26O2. The van der Waals surface area contributed by atoms with E-state index < -0.39 is 0 Å². The van der Waals surface area contributed by atoms with Crippen molar-refractivity contribution in [3.05, 3.63) is 49.1 Å². The minimum absolute atomic E-state index is 0.404. The van der Waals surface area contributed by atoms with E-state index in [1.165, 1.54) is 5.56 Å². The molecule has 0 N–H and O–H groups in total. The Kier molecular flexibility index (Phi) is 5.32. The second-order valence-corrected chi connectivity index (χ2v) is 6.29. The fourth-order valence-corrected chi connectivity index (χ4v) is 3.53. The Morgan fingerprint density at radius 2 is 1.57 bits per heavy atom. The summed E-state index contributed by atoms with van der Waals surface area (Å²) in [6.45, 7) is 4.03. The van der Waals surface area contributed by atoms with Crippen molar-refractivity contribution in [3.63, 3.8) is 0 Å². The largest absolute Gasteiger partial charge is 0.342 e. The molecule has 2 radical (unpaired) electrons. The molecule has 0 spiro atoms. The highest BCUT2D eigenvalue weighted by Crippen LogP contribution is 2.37. The number of benzene rings is 1. The second-order valence-electron chi connectivity index (χ2n) is 6.29. The summed E-state index contributed by atoms with van der Waals surface area (Å²) in [5, 5.41) is 0. The van der Waals surface area contributed by atoms with Crippen LogP contribution in [0.15, 0.2) is 30.3 Å². The van der Waals surface area contributed by atoms with E-state index in [0.29, 0.717) is 18.1 Å². The quantitative estimate of drug-likeness (QED) is 0.731. The van der Waals surface area contributed by atoms with Crippen LogP contribution in [0.1, 0.15) is 62.8 Å². The van der Waals surface area contributed by atoms with Gasteiger partial charge in [0.25, 0.3) is 0 Å². The maximum absolute atomic E-state index is 6.05. The van der Waals surface area contributed by atoms with Gasteiger partial charge in [0, 0.05) is 6.42 Å². The Morgan fingerprint density at radius 1 is 0.952 bits per heavy atom. The zero-order valence-corrected chi connectivity index (χ0v) is 12.8. The SMILES string of the molecule is [CH2]CCC(CC[C]1OC2CCC(CC2)O1)c1ccccc1. The van der Waals surface area contributed by atoms with E-state index in [2.05, 4.69) is 37.3 Å². The summed E-state index contributed by atoms with van der Waals surface area (Å²) < 4.78 is 12.1. The minimum Gasteiger partial charge on any atom is -0.342 e. The number of fused-ring (bicyclic) bond motifs is 4. The molecule has 1 aliphatic carbocycles. The standard InChI is InChI=1S/C19H26O2/c1-2-6-15(16-7-4-3-5-8-16)9-14-19-20-17-10-11-18(21-19)13-12-17/h3-5,7-8,15,17-18H,1-2,6,9-14H2. The van der Waals surface area contributed by atoms with E-state index in [1.807, 2.05) is 0 Å². The Labute approximate surface area is 128 Å². The van der Waals surface area contributed by atoms with Gasteiger partial charge >= 0.3 is 0 Å². The van der Waals surface area contributed by atoms with Crippen LogP contribution >= 0.6 is 0 Å². The van der Waals surface area contributed by atoms with Crippen LogP contribution in [0.3, 0.4) is 0 Å². The van der Waals surface area contributed by atoms with E-state index in [-0.39, 0.29) is 0 Å². The first kappa shape index (κ1) is 15.1. The van der Waals surface area contributed by atoms with E-state index in [4.69, 9.17) is 9.47 Å². The molecule has 2 heteroatoms. The predicted molar refractivity (Wildman–Crippen MR) is 84.5 cm³/mol. The molecule has 2 nitrogen and oxygen atoms in total. The van der Waals surface area contributed by atoms with E-state index in [0.717, 1.165) is 57.7 Å². The van der Waals surface area contributed by atoms with Crippen molar-refractivity contribution in [1.29, 1.82) is 0 Å². The van der Waals surface area contributed by atoms with Crippen LogP contribution in [0.2, 0.25) is 0 Å². The van der Waals surface area contributed by atoms with Gasteiger partial charge in [-0.1, -0.05) is 43.7 Å². The summed E-state index contributed by atoms with van der Waals surface area (Å²) in [5.41, 5.74) is 1.42. The Hall–Kier alpha value is -0.860. The third-order valence-corrected chi connectivity index (χ3v) is 4.74. The van der Waals surface area contributed by atoms with Gasteiger partial charge in [-0.3, -0.25) is 0 Å². The lowest BCUT2D eigenvalue weighted by molar-refractivity contribution is -0.0670. The van der Waals surface area contributed by atoms with Crippen molar-refractivity contribution in [2.24, 2.45) is 0 Å². The summed E-state index contributed by atoms with van der Waals surface area (Å²) in [6.07, 6.45) is 10.5. The zero-order chi connectivity index (χ0) is 14.5. The average Bonchev–Trinajstić information content (AvgIpc) is 2.85. The summed E-state index contributed by atoms with van der Waals surface area (Å²) in [5.74, 6) is 0.560. The third kappa shape index (κ3) is 4.08. The Morgan fingerprint density at radius 3 is 2.14 bits per heavy atom. The van der Waals surface area contributed by atoms with Gasteiger partial charge in [-0.2, -0.15) is 0 Å². The molecule has 1 aromatic rings. The molecule has 114 valence electrons. The van der Waals surface area contributed by atoms with Crippen molar-refractivity contribution >= 4 is 0 Å². The predicted octanol–water partition coefficient (Wildman–Crippen LogP) is 5.01. The summed E-state index contributed by atoms with van der Waals surface area (Å²) in [7, 11) is 0. The van der Waals surface area contributed by atoms with E-state index in [1.54, 1.807) is 0 Å². The maximum atomic E-state index is 6.05. The number of ether oxygens (including phenoxy) is 2. The van der Waals surface area contributed by atoms with Crippen LogP contribution < -0.4 is 0 Å². The fourth-order valence-electron chi connectivity index (χ4n) is 3.53. The summed E-state index contributed by atoms with van der Waals surface area (Å²) >= 11 is 0. The highest BCUT2D eigenvalue weighted by atomic mass is 16.7. The van der Waals surface area contributed by atoms with Gasteiger partial charge in [-0.25, -0.2) is 0 Å². The molecule has 2 saturated heterocycles. The molecule has 3 fully saturated rings. The molecule has 2 heterocycles. The highest BCUT2D eigenvalue weighted by Gasteiger charge is 2.33. The Balaban J connectivity index is 1.57. The number of hydrogen-bond acceptors (Lipinski definition) is 2. The first-order valence-corrected chi connectivity index (χ1v) is 8.38. The van der Waals surface area contributed by atoms with Crippen LogP contribution in [-0.4, -0.2) is 12.2 Å². The van der Waals surface area contributed by atoms with Crippen molar-refractivity contribution in [2.75, 3.05) is 0 Å². The van der Waals surface area contributed by atoms with Gasteiger partial charge in [0.1, 0.15) is 0 Å². The molecule has 21 heavy (non-hydrogen) atoms. The smallest absolute Gasteiger partial charge is 0.224 e. The third-order valence-electron chi connectivity index (χ3n) is 4.74. The molecule has 4 rings (SSSR count). The number of rotatable bonds is 6. The number of hydrogen-bond donors (Lipinski definition) is 0. The summed E-state index contributed by atoms with van der Waals surface area (Å²) in [4.78, 5) is 0. The van der Waals surface area contributed by atoms with Gasteiger partial charge in [0.2, 0.25) is 6.29 Å². The average molecular weight is 286 g/mol. The van der Waals surface area contributed by atoms with E-state index >= 15 is 0 Å². The van der Waals surface area contributed by atoms with Crippen molar-refractivity contribution in [2.45, 2.75) is 69.5 Å². The molecule has 1 unspecified atom stereocenters. The minimum atomic E-state index is 0.404. The lowest BCUT2D eigenvalue weighted by Crippen LogP contribution is -2.18. The summed E-state index contributed by atoms with van der Waals surface area (Å²) in [6, 6.07) is 10.8. The van der Waals surface area contributed by atoms with Gasteiger partial charge in [-0.15, -0.1) is 0 Å². The molecule has 0 aromatic heterocycles. The molecular weight excluding hydrogens is 260 g/mol. The van der Waals surface area contributed by atoms with Gasteiger partial charge in [0.15, 0.2) is 0 Å². The van der Waals surface area contributed by atoms with Gasteiger partial charge < -0.3 is 9.47 Å².